The van der Waals surface area contributed by atoms with Gasteiger partial charge >= 0.3 is 0 Å². The van der Waals surface area contributed by atoms with Gasteiger partial charge in [0.2, 0.25) is 0 Å². The van der Waals surface area contributed by atoms with Crippen molar-refractivity contribution < 1.29 is 0 Å². The van der Waals surface area contributed by atoms with Crippen molar-refractivity contribution in [1.29, 1.82) is 0 Å². The molecule has 0 bridgehead atoms. The highest BCUT2D eigenvalue weighted by Crippen LogP contribution is 2.37. The maximum absolute atomic E-state index is 6.09. The third-order valence-electron chi connectivity index (χ3n) is 3.18. The molecule has 2 aromatic rings. The van der Waals surface area contributed by atoms with E-state index in [4.69, 9.17) is 11.6 Å². The number of aromatic nitrogens is 2. The summed E-state index contributed by atoms with van der Waals surface area (Å²) in [5, 5.41) is 10.5. The predicted octanol–water partition coefficient (Wildman–Crippen LogP) is 3.29. The molecule has 0 amide bonds. The molecule has 2 N–H and O–H groups in total. The molecule has 3 rings (SSSR count). The SMILES string of the molecule is Clc1cc2c(s1)CCCC2NCc1ccn[nH]1. The Morgan fingerprint density at radius 2 is 2.53 bits per heavy atom. The normalized spacial score (nSPS) is 19.2. The van der Waals surface area contributed by atoms with Crippen LogP contribution >= 0.6 is 22.9 Å². The van der Waals surface area contributed by atoms with E-state index in [1.165, 1.54) is 29.7 Å². The lowest BCUT2D eigenvalue weighted by atomic mass is 9.94. The number of hydrogen-bond donors (Lipinski definition) is 2. The number of fused-ring (bicyclic) bond motifs is 1. The zero-order chi connectivity index (χ0) is 11.7. The fraction of sp³-hybridized carbons (Fsp3) is 0.417. The van der Waals surface area contributed by atoms with Gasteiger partial charge in [0.25, 0.3) is 0 Å². The van der Waals surface area contributed by atoms with Crippen molar-refractivity contribution in [1.82, 2.24) is 15.5 Å². The number of aryl methyl sites for hydroxylation is 1. The Bertz CT molecular complexity index is 492. The monoisotopic (exact) mass is 267 g/mol. The molecule has 1 aliphatic carbocycles. The molecule has 0 aromatic carbocycles. The Balaban J connectivity index is 1.72. The van der Waals surface area contributed by atoms with Crippen LogP contribution in [0.25, 0.3) is 0 Å². The molecule has 2 heterocycles. The Morgan fingerprint density at radius 1 is 1.59 bits per heavy atom. The third-order valence-corrected chi connectivity index (χ3v) is 4.52. The second-order valence-corrected chi connectivity index (χ2v) is 6.10. The van der Waals surface area contributed by atoms with E-state index in [9.17, 15) is 0 Å². The van der Waals surface area contributed by atoms with Crippen molar-refractivity contribution in [3.63, 3.8) is 0 Å². The number of nitrogens with one attached hydrogen (secondary N) is 2. The lowest BCUT2D eigenvalue weighted by molar-refractivity contribution is 0.460. The Kier molecular flexibility index (Phi) is 3.18. The molecule has 0 radical (unpaired) electrons. The van der Waals surface area contributed by atoms with Gasteiger partial charge in [-0.15, -0.1) is 11.3 Å². The zero-order valence-electron chi connectivity index (χ0n) is 9.37. The summed E-state index contributed by atoms with van der Waals surface area (Å²) in [6, 6.07) is 4.55. The minimum atomic E-state index is 0.436. The predicted molar refractivity (Wildman–Crippen MR) is 70.4 cm³/mol. The first-order valence-corrected chi connectivity index (χ1v) is 7.02. The standard InChI is InChI=1S/C12H14ClN3S/c13-12-6-9-10(2-1-3-11(9)17-12)14-7-8-4-5-15-16-8/h4-6,10,14H,1-3,7H2,(H,15,16). The fourth-order valence-corrected chi connectivity index (χ4v) is 3.73. The Labute approximate surface area is 109 Å². The first kappa shape index (κ1) is 11.3. The van der Waals surface area contributed by atoms with Crippen LogP contribution in [0, 0.1) is 0 Å². The molecular formula is C12H14ClN3S. The molecule has 0 saturated carbocycles. The molecule has 1 aliphatic rings. The molecule has 0 spiro atoms. The first-order valence-electron chi connectivity index (χ1n) is 5.82. The summed E-state index contributed by atoms with van der Waals surface area (Å²) in [7, 11) is 0. The number of thiophene rings is 1. The molecule has 1 atom stereocenters. The smallest absolute Gasteiger partial charge is 0.0934 e. The van der Waals surface area contributed by atoms with Crippen LogP contribution in [0.2, 0.25) is 4.34 Å². The van der Waals surface area contributed by atoms with E-state index < -0.39 is 0 Å². The molecule has 3 nitrogen and oxygen atoms in total. The maximum atomic E-state index is 6.09. The summed E-state index contributed by atoms with van der Waals surface area (Å²) in [6.45, 7) is 0.831. The van der Waals surface area contributed by atoms with E-state index in [-0.39, 0.29) is 0 Å². The van der Waals surface area contributed by atoms with Gasteiger partial charge < -0.3 is 5.32 Å². The summed E-state index contributed by atoms with van der Waals surface area (Å²) in [5.74, 6) is 0. The summed E-state index contributed by atoms with van der Waals surface area (Å²) in [4.78, 5) is 1.45. The Morgan fingerprint density at radius 3 is 3.35 bits per heavy atom. The van der Waals surface area contributed by atoms with Crippen molar-refractivity contribution in [2.75, 3.05) is 0 Å². The molecule has 0 aliphatic heterocycles. The molecule has 2 aromatic heterocycles. The second-order valence-electron chi connectivity index (χ2n) is 4.34. The van der Waals surface area contributed by atoms with Gasteiger partial charge in [-0.25, -0.2) is 0 Å². The largest absolute Gasteiger partial charge is 0.304 e. The van der Waals surface area contributed by atoms with Gasteiger partial charge in [-0.2, -0.15) is 5.10 Å². The Hall–Kier alpha value is -0.840. The van der Waals surface area contributed by atoms with E-state index in [1.54, 1.807) is 17.5 Å². The summed E-state index contributed by atoms with van der Waals surface area (Å²) in [5.41, 5.74) is 2.52. The number of nitrogens with zero attached hydrogens (tertiary/aromatic N) is 1. The van der Waals surface area contributed by atoms with Crippen LogP contribution in [0.1, 0.15) is 35.0 Å². The average molecular weight is 268 g/mol. The van der Waals surface area contributed by atoms with E-state index >= 15 is 0 Å². The summed E-state index contributed by atoms with van der Waals surface area (Å²) < 4.78 is 0.908. The summed E-state index contributed by atoms with van der Waals surface area (Å²) >= 11 is 7.81. The van der Waals surface area contributed by atoms with Crippen LogP contribution in [0.5, 0.6) is 0 Å². The molecule has 1 unspecified atom stereocenters. The van der Waals surface area contributed by atoms with Crippen molar-refractivity contribution in [3.8, 4) is 0 Å². The minimum absolute atomic E-state index is 0.436. The molecule has 90 valence electrons. The second kappa shape index (κ2) is 4.80. The highest BCUT2D eigenvalue weighted by molar-refractivity contribution is 7.16. The molecule has 0 saturated heterocycles. The van der Waals surface area contributed by atoms with Gasteiger partial charge in [0.15, 0.2) is 0 Å². The van der Waals surface area contributed by atoms with Gasteiger partial charge in [-0.05, 0) is 37.0 Å². The third kappa shape index (κ3) is 2.39. The van der Waals surface area contributed by atoms with Crippen LogP contribution in [0.4, 0.5) is 0 Å². The van der Waals surface area contributed by atoms with Crippen LogP contribution in [-0.4, -0.2) is 10.2 Å². The molecule has 17 heavy (non-hydrogen) atoms. The topological polar surface area (TPSA) is 40.7 Å². The van der Waals surface area contributed by atoms with Crippen molar-refractivity contribution >= 4 is 22.9 Å². The number of aromatic amines is 1. The van der Waals surface area contributed by atoms with E-state index in [0.717, 1.165) is 16.6 Å². The minimum Gasteiger partial charge on any atom is -0.304 e. The average Bonchev–Trinajstić information content (AvgIpc) is 2.93. The van der Waals surface area contributed by atoms with Gasteiger partial charge in [0.05, 0.1) is 4.34 Å². The fourth-order valence-electron chi connectivity index (χ4n) is 2.35. The first-order chi connectivity index (χ1) is 8.33. The van der Waals surface area contributed by atoms with Crippen LogP contribution < -0.4 is 5.32 Å². The van der Waals surface area contributed by atoms with Crippen molar-refractivity contribution in [2.24, 2.45) is 0 Å². The highest BCUT2D eigenvalue weighted by atomic mass is 35.5. The number of rotatable bonds is 3. The van der Waals surface area contributed by atoms with Gasteiger partial charge in [-0.1, -0.05) is 11.6 Å². The lowest BCUT2D eigenvalue weighted by Crippen LogP contribution is -2.24. The quantitative estimate of drug-likeness (QED) is 0.896. The van der Waals surface area contributed by atoms with E-state index in [1.807, 2.05) is 6.07 Å². The highest BCUT2D eigenvalue weighted by Gasteiger charge is 2.22. The molecular weight excluding hydrogens is 254 g/mol. The van der Waals surface area contributed by atoms with Gasteiger partial charge in [0, 0.05) is 29.4 Å². The summed E-state index contributed by atoms with van der Waals surface area (Å²) in [6.07, 6.45) is 5.39. The van der Waals surface area contributed by atoms with Crippen molar-refractivity contribution in [3.05, 3.63) is 38.8 Å². The van der Waals surface area contributed by atoms with Gasteiger partial charge in [0.1, 0.15) is 0 Å². The molecule has 5 heteroatoms. The zero-order valence-corrected chi connectivity index (χ0v) is 10.9. The van der Waals surface area contributed by atoms with Crippen molar-refractivity contribution in [2.45, 2.75) is 31.8 Å². The van der Waals surface area contributed by atoms with Crippen LogP contribution in [0.3, 0.4) is 0 Å². The van der Waals surface area contributed by atoms with E-state index in [2.05, 4.69) is 21.6 Å². The van der Waals surface area contributed by atoms with E-state index in [0.29, 0.717) is 6.04 Å². The van der Waals surface area contributed by atoms with Crippen LogP contribution in [0.15, 0.2) is 18.3 Å². The maximum Gasteiger partial charge on any atom is 0.0934 e. The number of halogens is 1. The van der Waals surface area contributed by atoms with Gasteiger partial charge in [-0.3, -0.25) is 5.10 Å². The number of H-pyrrole nitrogens is 1. The number of hydrogen-bond acceptors (Lipinski definition) is 3. The van der Waals surface area contributed by atoms with Crippen LogP contribution in [-0.2, 0) is 13.0 Å². The lowest BCUT2D eigenvalue weighted by Gasteiger charge is -2.23. The molecule has 0 fully saturated rings.